The molecule has 0 spiro atoms. The number of nitrogens with zero attached hydrogens (tertiary/aromatic N) is 1. The number of aryl methyl sites for hydroxylation is 2. The lowest BCUT2D eigenvalue weighted by molar-refractivity contribution is 0.630. The van der Waals surface area contributed by atoms with E-state index in [1.807, 2.05) is 13.0 Å². The molecule has 0 aliphatic heterocycles. The Hall–Kier alpha value is -2.10. The van der Waals surface area contributed by atoms with Crippen molar-refractivity contribution in [3.05, 3.63) is 57.6 Å². The quantitative estimate of drug-likeness (QED) is 0.884. The summed E-state index contributed by atoms with van der Waals surface area (Å²) in [6, 6.07) is 8.41. The van der Waals surface area contributed by atoms with Crippen LogP contribution in [0.4, 0.5) is 15.9 Å². The van der Waals surface area contributed by atoms with Crippen LogP contribution in [0.3, 0.4) is 0 Å². The second-order valence-corrected chi connectivity index (χ2v) is 4.37. The number of hydrogen-bond acceptors (Lipinski definition) is 2. The van der Waals surface area contributed by atoms with E-state index in [0.717, 1.165) is 5.56 Å². The summed E-state index contributed by atoms with van der Waals surface area (Å²) in [6.45, 7) is 3.58. The van der Waals surface area contributed by atoms with Crippen molar-refractivity contribution in [2.24, 2.45) is 7.05 Å². The van der Waals surface area contributed by atoms with E-state index in [4.69, 9.17) is 0 Å². The highest BCUT2D eigenvalue weighted by atomic mass is 19.1. The molecule has 0 radical (unpaired) electrons. The van der Waals surface area contributed by atoms with Gasteiger partial charge in [-0.25, -0.2) is 4.39 Å². The Balaban J connectivity index is 2.40. The van der Waals surface area contributed by atoms with E-state index in [1.165, 1.54) is 10.6 Å². The molecular formula is C14H15FN2O. The van der Waals surface area contributed by atoms with Gasteiger partial charge in [-0.1, -0.05) is 12.1 Å². The summed E-state index contributed by atoms with van der Waals surface area (Å²) in [5.41, 5.74) is 1.79. The first-order valence-electron chi connectivity index (χ1n) is 5.69. The first-order chi connectivity index (χ1) is 8.49. The number of halogens is 1. The van der Waals surface area contributed by atoms with Crippen LogP contribution in [0.1, 0.15) is 11.1 Å². The Morgan fingerprint density at radius 3 is 2.56 bits per heavy atom. The number of rotatable bonds is 2. The number of anilines is 2. The van der Waals surface area contributed by atoms with E-state index in [2.05, 4.69) is 5.32 Å². The lowest BCUT2D eigenvalue weighted by Crippen LogP contribution is -2.21. The third kappa shape index (κ3) is 2.27. The molecule has 0 saturated heterocycles. The first kappa shape index (κ1) is 12.4. The summed E-state index contributed by atoms with van der Waals surface area (Å²) in [6.07, 6.45) is 0. The fourth-order valence-electron chi connectivity index (χ4n) is 1.75. The molecule has 4 heteroatoms. The van der Waals surface area contributed by atoms with Gasteiger partial charge in [-0.3, -0.25) is 9.36 Å². The van der Waals surface area contributed by atoms with Gasteiger partial charge < -0.3 is 5.32 Å². The van der Waals surface area contributed by atoms with Crippen LogP contribution in [0, 0.1) is 19.7 Å². The standard InChI is InChI=1S/C14H15FN2O/c1-9-4-6-12(11(15)8-9)16-13-7-5-10(2)14(18)17(13)3/h4-8,16H,1-3H3. The van der Waals surface area contributed by atoms with Crippen molar-refractivity contribution in [3.63, 3.8) is 0 Å². The summed E-state index contributed by atoms with van der Waals surface area (Å²) in [4.78, 5) is 11.7. The molecule has 2 aromatic rings. The third-order valence-electron chi connectivity index (χ3n) is 2.88. The normalized spacial score (nSPS) is 10.4. The van der Waals surface area contributed by atoms with Crippen molar-refractivity contribution in [3.8, 4) is 0 Å². The van der Waals surface area contributed by atoms with Crippen LogP contribution in [-0.4, -0.2) is 4.57 Å². The van der Waals surface area contributed by atoms with Crippen LogP contribution in [0.2, 0.25) is 0 Å². The summed E-state index contributed by atoms with van der Waals surface area (Å²) < 4.78 is 15.2. The summed E-state index contributed by atoms with van der Waals surface area (Å²) in [5.74, 6) is 0.233. The maximum atomic E-state index is 13.7. The monoisotopic (exact) mass is 246 g/mol. The summed E-state index contributed by atoms with van der Waals surface area (Å²) >= 11 is 0. The van der Waals surface area contributed by atoms with E-state index in [1.54, 1.807) is 32.2 Å². The number of hydrogen-bond donors (Lipinski definition) is 1. The van der Waals surface area contributed by atoms with E-state index in [0.29, 0.717) is 17.1 Å². The predicted octanol–water partition coefficient (Wildman–Crippen LogP) is 2.88. The summed E-state index contributed by atoms with van der Waals surface area (Å²) in [5, 5.41) is 2.92. The van der Waals surface area contributed by atoms with Gasteiger partial charge in [0.25, 0.3) is 5.56 Å². The van der Waals surface area contributed by atoms with E-state index >= 15 is 0 Å². The topological polar surface area (TPSA) is 34.0 Å². The van der Waals surface area contributed by atoms with Gasteiger partial charge in [0.15, 0.2) is 0 Å². The molecule has 1 heterocycles. The lowest BCUT2D eigenvalue weighted by Gasteiger charge is -2.12. The minimum Gasteiger partial charge on any atom is -0.339 e. The molecule has 0 atom stereocenters. The van der Waals surface area contributed by atoms with Gasteiger partial charge in [-0.15, -0.1) is 0 Å². The van der Waals surface area contributed by atoms with Crippen LogP contribution in [0.25, 0.3) is 0 Å². The molecule has 1 aromatic heterocycles. The smallest absolute Gasteiger partial charge is 0.254 e. The predicted molar refractivity (Wildman–Crippen MR) is 70.8 cm³/mol. The largest absolute Gasteiger partial charge is 0.339 e. The van der Waals surface area contributed by atoms with E-state index in [9.17, 15) is 9.18 Å². The molecule has 0 aliphatic rings. The SMILES string of the molecule is Cc1ccc(Nc2ccc(C)c(=O)n2C)c(F)c1. The van der Waals surface area contributed by atoms with Gasteiger partial charge in [0, 0.05) is 12.6 Å². The second kappa shape index (κ2) is 4.64. The lowest BCUT2D eigenvalue weighted by atomic mass is 10.2. The zero-order valence-corrected chi connectivity index (χ0v) is 10.6. The van der Waals surface area contributed by atoms with Gasteiger partial charge in [0.05, 0.1) is 5.69 Å². The minimum atomic E-state index is -0.331. The number of pyridine rings is 1. The molecule has 2 rings (SSSR count). The molecule has 94 valence electrons. The molecule has 1 N–H and O–H groups in total. The molecule has 0 aliphatic carbocycles. The molecule has 0 unspecified atom stereocenters. The van der Waals surface area contributed by atoms with Crippen molar-refractivity contribution in [1.29, 1.82) is 0 Å². The molecule has 18 heavy (non-hydrogen) atoms. The Kier molecular flexibility index (Phi) is 3.19. The molecule has 3 nitrogen and oxygen atoms in total. The highest BCUT2D eigenvalue weighted by molar-refractivity contribution is 5.57. The highest BCUT2D eigenvalue weighted by Gasteiger charge is 2.06. The van der Waals surface area contributed by atoms with Crippen LogP contribution >= 0.6 is 0 Å². The highest BCUT2D eigenvalue weighted by Crippen LogP contribution is 2.19. The van der Waals surface area contributed by atoms with Gasteiger partial charge in [0.1, 0.15) is 11.6 Å². The molecule has 0 fully saturated rings. The molecular weight excluding hydrogens is 231 g/mol. The zero-order chi connectivity index (χ0) is 13.3. The first-order valence-corrected chi connectivity index (χ1v) is 5.69. The minimum absolute atomic E-state index is 0.0903. The third-order valence-corrected chi connectivity index (χ3v) is 2.88. The Bertz CT molecular complexity index is 647. The maximum absolute atomic E-state index is 13.7. The van der Waals surface area contributed by atoms with Crippen LogP contribution in [-0.2, 0) is 7.05 Å². The average Bonchev–Trinajstić information content (AvgIpc) is 2.33. The molecule has 0 bridgehead atoms. The van der Waals surface area contributed by atoms with Crippen molar-refractivity contribution in [2.75, 3.05) is 5.32 Å². The number of aromatic nitrogens is 1. The van der Waals surface area contributed by atoms with E-state index < -0.39 is 0 Å². The van der Waals surface area contributed by atoms with Gasteiger partial charge in [0.2, 0.25) is 0 Å². The maximum Gasteiger partial charge on any atom is 0.254 e. The van der Waals surface area contributed by atoms with E-state index in [-0.39, 0.29) is 11.4 Å². The molecule has 1 aromatic carbocycles. The van der Waals surface area contributed by atoms with Gasteiger partial charge in [-0.2, -0.15) is 0 Å². The number of benzene rings is 1. The summed E-state index contributed by atoms with van der Waals surface area (Å²) in [7, 11) is 1.66. The Morgan fingerprint density at radius 1 is 1.17 bits per heavy atom. The fourth-order valence-corrected chi connectivity index (χ4v) is 1.75. The zero-order valence-electron chi connectivity index (χ0n) is 10.6. The van der Waals surface area contributed by atoms with Crippen LogP contribution in [0.5, 0.6) is 0 Å². The van der Waals surface area contributed by atoms with Crippen LogP contribution < -0.4 is 10.9 Å². The average molecular weight is 246 g/mol. The Labute approximate surface area is 105 Å². The van der Waals surface area contributed by atoms with Crippen molar-refractivity contribution >= 4 is 11.5 Å². The Morgan fingerprint density at radius 2 is 1.89 bits per heavy atom. The second-order valence-electron chi connectivity index (χ2n) is 4.37. The van der Waals surface area contributed by atoms with Gasteiger partial charge >= 0.3 is 0 Å². The number of nitrogens with one attached hydrogen (secondary N) is 1. The fraction of sp³-hybridized carbons (Fsp3) is 0.214. The van der Waals surface area contributed by atoms with Crippen molar-refractivity contribution in [1.82, 2.24) is 4.57 Å². The van der Waals surface area contributed by atoms with Gasteiger partial charge in [-0.05, 0) is 37.6 Å². The molecule has 0 saturated carbocycles. The van der Waals surface area contributed by atoms with Crippen LogP contribution in [0.15, 0.2) is 35.1 Å². The van der Waals surface area contributed by atoms with Crippen molar-refractivity contribution in [2.45, 2.75) is 13.8 Å². The molecule has 0 amide bonds. The van der Waals surface area contributed by atoms with Crippen molar-refractivity contribution < 1.29 is 4.39 Å².